The largest absolute Gasteiger partial charge is 0.370 e. The third-order valence-electron chi connectivity index (χ3n) is 3.18. The average molecular weight is 257 g/mol. The van der Waals surface area contributed by atoms with Gasteiger partial charge in [0.15, 0.2) is 0 Å². The number of carbonyl (C=O) groups excluding carboxylic acids is 2. The quantitative estimate of drug-likeness (QED) is 0.535. The van der Waals surface area contributed by atoms with Gasteiger partial charge in [-0.15, -0.1) is 0 Å². The Hall–Kier alpha value is -1.14. The summed E-state index contributed by atoms with van der Waals surface area (Å²) in [6.45, 7) is 0.624. The Bertz CT molecular complexity index is 276. The van der Waals surface area contributed by atoms with Gasteiger partial charge in [0.2, 0.25) is 11.8 Å². The second-order valence-electron chi connectivity index (χ2n) is 4.85. The van der Waals surface area contributed by atoms with E-state index in [1.54, 1.807) is 0 Å². The molecule has 0 spiro atoms. The van der Waals surface area contributed by atoms with Crippen molar-refractivity contribution in [2.75, 3.05) is 19.8 Å². The lowest BCUT2D eigenvalue weighted by molar-refractivity contribution is -0.123. The van der Waals surface area contributed by atoms with Crippen LogP contribution >= 0.6 is 0 Å². The Kier molecular flexibility index (Phi) is 6.67. The van der Waals surface area contributed by atoms with Crippen molar-refractivity contribution in [3.8, 4) is 0 Å². The molecule has 18 heavy (non-hydrogen) atoms. The highest BCUT2D eigenvalue weighted by Gasteiger charge is 2.20. The second kappa shape index (κ2) is 8.05. The minimum absolute atomic E-state index is 0.0400. The van der Waals surface area contributed by atoms with E-state index in [1.165, 1.54) is 0 Å². The molecule has 0 bridgehead atoms. The molecule has 1 saturated carbocycles. The van der Waals surface area contributed by atoms with Gasteiger partial charge < -0.3 is 21.5 Å². The maximum absolute atomic E-state index is 11.6. The van der Waals surface area contributed by atoms with Gasteiger partial charge in [0.1, 0.15) is 6.61 Å². The number of hydrogen-bond donors (Lipinski definition) is 3. The predicted octanol–water partition coefficient (Wildman–Crippen LogP) is -0.488. The van der Waals surface area contributed by atoms with Crippen LogP contribution in [0.5, 0.6) is 0 Å². The lowest BCUT2D eigenvalue weighted by atomic mass is 9.84. The van der Waals surface area contributed by atoms with Crippen LogP contribution in [0, 0.1) is 5.92 Å². The molecule has 5 N–H and O–H groups in total. The molecule has 0 unspecified atom stereocenters. The molecular weight excluding hydrogens is 234 g/mol. The number of ether oxygens (including phenoxy) is 1. The fraction of sp³-hybridized carbons (Fsp3) is 0.833. The third-order valence-corrected chi connectivity index (χ3v) is 3.18. The van der Waals surface area contributed by atoms with E-state index >= 15 is 0 Å². The zero-order valence-electron chi connectivity index (χ0n) is 10.7. The molecule has 0 saturated heterocycles. The molecule has 0 aliphatic heterocycles. The predicted molar refractivity (Wildman–Crippen MR) is 67.6 cm³/mol. The monoisotopic (exact) mass is 257 g/mol. The van der Waals surface area contributed by atoms with Crippen LogP contribution in [0.2, 0.25) is 0 Å². The van der Waals surface area contributed by atoms with Crippen LogP contribution in [0.3, 0.4) is 0 Å². The molecule has 1 fully saturated rings. The molecule has 6 nitrogen and oxygen atoms in total. The highest BCUT2D eigenvalue weighted by atomic mass is 16.5. The van der Waals surface area contributed by atoms with E-state index in [0.29, 0.717) is 31.5 Å². The number of hydrogen-bond acceptors (Lipinski definition) is 4. The zero-order valence-corrected chi connectivity index (χ0v) is 10.7. The molecule has 1 rings (SSSR count). The first kappa shape index (κ1) is 14.9. The van der Waals surface area contributed by atoms with Crippen molar-refractivity contribution < 1.29 is 14.3 Å². The van der Waals surface area contributed by atoms with Crippen LogP contribution in [0.25, 0.3) is 0 Å². The summed E-state index contributed by atoms with van der Waals surface area (Å²) in [7, 11) is 0. The van der Waals surface area contributed by atoms with Crippen molar-refractivity contribution in [1.82, 2.24) is 5.32 Å². The van der Waals surface area contributed by atoms with Crippen LogP contribution in [-0.2, 0) is 14.3 Å². The van der Waals surface area contributed by atoms with Gasteiger partial charge in [-0.1, -0.05) is 0 Å². The molecule has 0 heterocycles. The fourth-order valence-corrected chi connectivity index (χ4v) is 2.16. The van der Waals surface area contributed by atoms with E-state index in [4.69, 9.17) is 16.2 Å². The summed E-state index contributed by atoms with van der Waals surface area (Å²) in [6.07, 6.45) is 4.65. The molecule has 6 heteroatoms. The van der Waals surface area contributed by atoms with Crippen molar-refractivity contribution in [3.63, 3.8) is 0 Å². The number of primary amides is 1. The van der Waals surface area contributed by atoms with Gasteiger partial charge >= 0.3 is 0 Å². The summed E-state index contributed by atoms with van der Waals surface area (Å²) in [5, 5.41) is 2.77. The highest BCUT2D eigenvalue weighted by Crippen LogP contribution is 2.25. The van der Waals surface area contributed by atoms with Gasteiger partial charge in [-0.25, -0.2) is 0 Å². The van der Waals surface area contributed by atoms with Crippen molar-refractivity contribution >= 4 is 11.8 Å². The zero-order chi connectivity index (χ0) is 13.4. The van der Waals surface area contributed by atoms with E-state index in [0.717, 1.165) is 25.7 Å². The normalized spacial score (nSPS) is 23.6. The van der Waals surface area contributed by atoms with Crippen LogP contribution in [0.1, 0.15) is 32.1 Å². The Morgan fingerprint density at radius 1 is 1.22 bits per heavy atom. The van der Waals surface area contributed by atoms with Gasteiger partial charge in [0, 0.05) is 19.0 Å². The minimum atomic E-state index is -0.500. The van der Waals surface area contributed by atoms with Crippen LogP contribution in [0.4, 0.5) is 0 Å². The number of nitrogens with two attached hydrogens (primary N) is 2. The SMILES string of the molecule is NC(=O)COCCNC(=O)CC1CCC(N)CC1. The smallest absolute Gasteiger partial charge is 0.243 e. The second-order valence-corrected chi connectivity index (χ2v) is 4.85. The van der Waals surface area contributed by atoms with E-state index in [2.05, 4.69) is 5.32 Å². The maximum atomic E-state index is 11.6. The van der Waals surface area contributed by atoms with Gasteiger partial charge in [-0.05, 0) is 31.6 Å². The van der Waals surface area contributed by atoms with E-state index < -0.39 is 5.91 Å². The summed E-state index contributed by atoms with van der Waals surface area (Å²) < 4.78 is 4.94. The maximum Gasteiger partial charge on any atom is 0.243 e. The van der Waals surface area contributed by atoms with Crippen LogP contribution in [-0.4, -0.2) is 37.6 Å². The minimum Gasteiger partial charge on any atom is -0.370 e. The summed E-state index contributed by atoms with van der Waals surface area (Å²) in [5.41, 5.74) is 10.7. The highest BCUT2D eigenvalue weighted by molar-refractivity contribution is 5.76. The van der Waals surface area contributed by atoms with Crippen molar-refractivity contribution in [3.05, 3.63) is 0 Å². The van der Waals surface area contributed by atoms with E-state index in [-0.39, 0.29) is 12.5 Å². The van der Waals surface area contributed by atoms with Crippen molar-refractivity contribution in [1.29, 1.82) is 0 Å². The molecule has 104 valence electrons. The lowest BCUT2D eigenvalue weighted by Crippen LogP contribution is -2.32. The summed E-state index contributed by atoms with van der Waals surface area (Å²) >= 11 is 0. The van der Waals surface area contributed by atoms with Gasteiger partial charge in [-0.3, -0.25) is 9.59 Å². The number of nitrogens with one attached hydrogen (secondary N) is 1. The molecule has 1 aliphatic carbocycles. The van der Waals surface area contributed by atoms with E-state index in [9.17, 15) is 9.59 Å². The van der Waals surface area contributed by atoms with Gasteiger partial charge in [-0.2, -0.15) is 0 Å². The molecule has 0 radical (unpaired) electrons. The third kappa shape index (κ3) is 6.56. The number of carbonyl (C=O) groups is 2. The molecule has 1 aliphatic rings. The van der Waals surface area contributed by atoms with Gasteiger partial charge in [0.05, 0.1) is 6.61 Å². The first-order valence-corrected chi connectivity index (χ1v) is 6.46. The molecule has 2 amide bonds. The standard InChI is InChI=1S/C12H23N3O3/c13-10-3-1-9(2-4-10)7-12(17)15-5-6-18-8-11(14)16/h9-10H,1-8,13H2,(H2,14,16)(H,15,17). The summed E-state index contributed by atoms with van der Waals surface area (Å²) in [6, 6.07) is 0.312. The number of amides is 2. The van der Waals surface area contributed by atoms with Crippen molar-refractivity contribution in [2.24, 2.45) is 17.4 Å². The molecule has 0 aromatic carbocycles. The average Bonchev–Trinajstić information content (AvgIpc) is 2.31. The van der Waals surface area contributed by atoms with Crippen molar-refractivity contribution in [2.45, 2.75) is 38.1 Å². The van der Waals surface area contributed by atoms with Gasteiger partial charge in [0.25, 0.3) is 0 Å². The van der Waals surface area contributed by atoms with Crippen LogP contribution in [0.15, 0.2) is 0 Å². The number of rotatable bonds is 7. The Morgan fingerprint density at radius 2 is 1.89 bits per heavy atom. The lowest BCUT2D eigenvalue weighted by Gasteiger charge is -2.25. The molecule has 0 aromatic rings. The summed E-state index contributed by atoms with van der Waals surface area (Å²) in [5.74, 6) is -0.00523. The fourth-order valence-electron chi connectivity index (χ4n) is 2.16. The molecule has 0 aromatic heterocycles. The molecular formula is C12H23N3O3. The van der Waals surface area contributed by atoms with E-state index in [1.807, 2.05) is 0 Å². The molecule has 0 atom stereocenters. The Labute approximate surface area is 107 Å². The first-order valence-electron chi connectivity index (χ1n) is 6.46. The Morgan fingerprint density at radius 3 is 2.50 bits per heavy atom. The Balaban J connectivity index is 2.01. The topological polar surface area (TPSA) is 107 Å². The first-order chi connectivity index (χ1) is 8.58. The summed E-state index contributed by atoms with van der Waals surface area (Å²) in [4.78, 5) is 22.0. The van der Waals surface area contributed by atoms with Crippen LogP contribution < -0.4 is 16.8 Å².